The van der Waals surface area contributed by atoms with Crippen LogP contribution in [0.1, 0.15) is 328 Å². The largest absolute Gasteiger partial charge is 0.582 e. The summed E-state index contributed by atoms with van der Waals surface area (Å²) < 4.78 is 10.5. The van der Waals surface area contributed by atoms with Crippen molar-refractivity contribution in [2.75, 3.05) is 13.2 Å². The average molecular weight is 1760 g/mol. The number of aromatic hydroxyl groups is 4. The second kappa shape index (κ2) is 41.4. The Balaban J connectivity index is 0.000000941. The van der Waals surface area contributed by atoms with Crippen LogP contribution in [-0.2, 0) is 25.8 Å². The van der Waals surface area contributed by atoms with Gasteiger partial charge in [0.15, 0.2) is 13.2 Å². The number of rotatable bonds is 27. The molecule has 2 aromatic heterocycles. The van der Waals surface area contributed by atoms with Gasteiger partial charge in [0.05, 0.1) is 20.9 Å². The number of unbranched alkanes of at least 4 members (excludes halogenated alkanes) is 1. The summed E-state index contributed by atoms with van der Waals surface area (Å²) in [6, 6.07) is 70.4. The van der Waals surface area contributed by atoms with E-state index in [2.05, 4.69) is 324 Å². The molecular formula is C110H134HfO4S2. The van der Waals surface area contributed by atoms with Crippen LogP contribution in [0.5, 0.6) is 23.0 Å². The van der Waals surface area contributed by atoms with Crippen LogP contribution in [0.25, 0.3) is 87.6 Å². The summed E-state index contributed by atoms with van der Waals surface area (Å²) in [7, 11) is 0. The Morgan fingerprint density at radius 1 is 0.265 bits per heavy atom. The van der Waals surface area contributed by atoms with E-state index in [1.54, 1.807) is 22.7 Å². The maximum Gasteiger partial charge on any atom is 0.262 e. The van der Waals surface area contributed by atoms with E-state index in [1.807, 2.05) is 60.7 Å². The zero-order valence-corrected chi connectivity index (χ0v) is 80.1. The number of thiophene rings is 2. The minimum Gasteiger partial charge on any atom is -0.582 e. The van der Waals surface area contributed by atoms with Gasteiger partial charge in [0.1, 0.15) is 11.5 Å². The molecule has 2 heterocycles. The summed E-state index contributed by atoms with van der Waals surface area (Å²) in [5, 5.41) is 29.8. The van der Waals surface area contributed by atoms with E-state index in [1.165, 1.54) is 111 Å². The first-order chi connectivity index (χ1) is 55.1. The Kier molecular flexibility index (Phi) is 32.7. The van der Waals surface area contributed by atoms with E-state index in [9.17, 15) is 10.2 Å². The van der Waals surface area contributed by atoms with Gasteiger partial charge in [-0.15, -0.1) is 46.9 Å². The van der Waals surface area contributed by atoms with Crippen molar-refractivity contribution >= 4 is 22.7 Å². The predicted molar refractivity (Wildman–Crippen MR) is 509 cm³/mol. The average Bonchev–Trinajstić information content (AvgIpc) is 1.74. The number of hydrogen-bond donors (Lipinski definition) is 2. The first-order valence-corrected chi connectivity index (χ1v) is 44.8. The fourth-order valence-corrected chi connectivity index (χ4v) is 17.9. The van der Waals surface area contributed by atoms with Gasteiger partial charge in [0, 0.05) is 72.7 Å². The number of benzene rings is 10. The molecule has 0 saturated heterocycles. The van der Waals surface area contributed by atoms with Gasteiger partial charge in [0.25, 0.3) is 11.5 Å². The SMILES string of the molecule is CC(C)c1cc(C(C)C)c(-c2cc(-c3scc(-c4ccccc4[OH+]CCCC[OH+]c4ccccc4-c4csc(-c5cc(-c6c(C(C)C)cc(C(C)C)cc6C(C)C)cc(-c6c(C(C)C)cc(C(C)C)cc6C(C)C)c5)c4O)c3O)cc(-c3c(C(C)C)cc(C(C)C)cc3C(C)C)c2)c(C(C)C)c1.[CH2-]c1ccccc1.[CH2-]c1ccccc1.[Hf]. The molecule has 10 aromatic carbocycles. The minimum atomic E-state index is 0. The van der Waals surface area contributed by atoms with Crippen LogP contribution >= 0.6 is 22.7 Å². The molecule has 0 amide bonds. The van der Waals surface area contributed by atoms with Crippen LogP contribution < -0.4 is 0 Å². The molecule has 12 rings (SSSR count). The van der Waals surface area contributed by atoms with Gasteiger partial charge >= 0.3 is 0 Å². The van der Waals surface area contributed by atoms with Gasteiger partial charge in [-0.1, -0.05) is 251 Å². The first kappa shape index (κ1) is 92.3. The zero-order valence-electron chi connectivity index (χ0n) is 74.9. The fraction of sp³-hybridized carbons (Fsp3) is 0.364. The molecule has 0 spiro atoms. The molecule has 7 heteroatoms. The minimum absolute atomic E-state index is 0. The Morgan fingerprint density at radius 2 is 0.479 bits per heavy atom. The number of para-hydroxylation sites is 2. The van der Waals surface area contributed by atoms with Gasteiger partial charge in [-0.2, -0.15) is 49.2 Å². The second-order valence-corrected chi connectivity index (χ2v) is 37.6. The standard InChI is InChI=1S/C96H118O4S2.2C7H7.Hf/c1-53(2)65-43-77(57(9)10)89(78(44-65)58(11)12)69-37-70(90-79(59(13)14)45-66(54(3)4)46-80(90)60(15)16)40-73(39-69)95-93(97)85(51-101-95)75-31-25-27-33-87(75)99-35-29-30-36-100-88-34-28-26-32-76(88)86-52-102-96(94(86)98)74-41-71(91-81(61(17)18)47-67(55(5)6)48-82(91)62(19)20)38-72(42-74)92-83(63(21)22)49-68(56(7)8)50-84(92)64(23)24;2*1-7-5-3-2-4-6-7;/h25-28,31-34,37-64,97-98H,29-30,35-36H2,1-24H3;2*2-6H,1H2;/q;2*-1;/p+2. The second-order valence-electron chi connectivity index (χ2n) is 35.9. The smallest absolute Gasteiger partial charge is 0.262 e. The molecule has 0 fully saturated rings. The Morgan fingerprint density at radius 3 is 0.684 bits per heavy atom. The molecule has 0 radical (unpaired) electrons. The first-order valence-electron chi connectivity index (χ1n) is 43.1. The maximum atomic E-state index is 12.8. The quantitative estimate of drug-likeness (QED) is 0.0233. The van der Waals surface area contributed by atoms with Crippen molar-refractivity contribution in [1.82, 2.24) is 0 Å². The van der Waals surface area contributed by atoms with Crippen molar-refractivity contribution in [2.45, 2.75) is 250 Å². The zero-order chi connectivity index (χ0) is 84.3. The number of aliphatic hydroxyl groups is 2. The molecule has 0 saturated carbocycles. The molecule has 0 aliphatic carbocycles. The van der Waals surface area contributed by atoms with E-state index < -0.39 is 0 Å². The molecule has 12 aromatic rings. The summed E-state index contributed by atoms with van der Waals surface area (Å²) in [6.07, 6.45) is 1.67. The predicted octanol–water partition coefficient (Wildman–Crippen LogP) is 33.7. The van der Waals surface area contributed by atoms with E-state index in [-0.39, 0.29) is 37.3 Å². The van der Waals surface area contributed by atoms with Gasteiger partial charge in [-0.3, -0.25) is 0 Å². The Hall–Kier alpha value is -8.59. The molecule has 0 aliphatic rings. The van der Waals surface area contributed by atoms with Crippen LogP contribution in [0.15, 0.2) is 205 Å². The van der Waals surface area contributed by atoms with Crippen molar-refractivity contribution in [3.63, 3.8) is 0 Å². The molecular weight excluding hydrogens is 1630 g/mol. The molecule has 614 valence electrons. The van der Waals surface area contributed by atoms with Crippen LogP contribution in [0.2, 0.25) is 0 Å². The molecule has 0 unspecified atom stereocenters. The van der Waals surface area contributed by atoms with E-state index in [4.69, 9.17) is 9.47 Å². The molecule has 117 heavy (non-hydrogen) atoms. The third-order valence-corrected chi connectivity index (χ3v) is 24.8. The maximum absolute atomic E-state index is 12.8. The monoisotopic (exact) mass is 1760 g/mol. The van der Waals surface area contributed by atoms with E-state index >= 15 is 0 Å². The summed E-state index contributed by atoms with van der Waals surface area (Å²) in [4.78, 5) is 1.72. The Labute approximate surface area is 732 Å². The van der Waals surface area contributed by atoms with Crippen LogP contribution in [-0.4, -0.2) is 32.9 Å². The van der Waals surface area contributed by atoms with E-state index in [0.29, 0.717) is 84.2 Å². The van der Waals surface area contributed by atoms with Gasteiger partial charge < -0.3 is 19.7 Å². The molecule has 4 nitrogen and oxygen atoms in total. The third-order valence-electron chi connectivity index (χ3n) is 22.8. The van der Waals surface area contributed by atoms with Crippen molar-refractivity contribution < 1.29 is 45.5 Å². The van der Waals surface area contributed by atoms with Crippen molar-refractivity contribution in [1.29, 1.82) is 0 Å². The molecule has 4 N–H and O–H groups in total. The summed E-state index contributed by atoms with van der Waals surface area (Å²) in [6.45, 7) is 64.5. The molecule has 0 atom stereocenters. The van der Waals surface area contributed by atoms with Crippen LogP contribution in [0, 0.1) is 13.8 Å². The van der Waals surface area contributed by atoms with Gasteiger partial charge in [0.2, 0.25) is 0 Å². The summed E-state index contributed by atoms with van der Waals surface area (Å²) >= 11 is 3.23. The Bertz CT molecular complexity index is 4630. The van der Waals surface area contributed by atoms with Gasteiger partial charge in [-0.05, 0) is 242 Å². The van der Waals surface area contributed by atoms with Crippen LogP contribution in [0.4, 0.5) is 0 Å². The van der Waals surface area contributed by atoms with Crippen LogP contribution in [0.3, 0.4) is 0 Å². The summed E-state index contributed by atoms with van der Waals surface area (Å²) in [5.41, 5.74) is 34.2. The number of ether oxygens (including phenoxy) is 2. The van der Waals surface area contributed by atoms with Crippen molar-refractivity contribution in [3.8, 4) is 111 Å². The molecule has 0 aliphatic heterocycles. The topological polar surface area (TPSA) is 66.1 Å². The molecule has 0 bridgehead atoms. The van der Waals surface area contributed by atoms with Crippen molar-refractivity contribution in [3.05, 3.63) is 297 Å². The van der Waals surface area contributed by atoms with E-state index in [0.717, 1.165) is 78.6 Å². The third kappa shape index (κ3) is 22.1. The van der Waals surface area contributed by atoms with Crippen molar-refractivity contribution in [2.24, 2.45) is 0 Å². The number of hydrogen-bond acceptors (Lipinski definition) is 4. The van der Waals surface area contributed by atoms with Gasteiger partial charge in [-0.25, -0.2) is 0 Å². The fourth-order valence-electron chi connectivity index (χ4n) is 16.0. The normalized spacial score (nSPS) is 11.7. The summed E-state index contributed by atoms with van der Waals surface area (Å²) in [5.74, 6) is 6.37.